The molecule has 0 aliphatic heterocycles. The molecule has 13 heavy (non-hydrogen) atoms. The summed E-state index contributed by atoms with van der Waals surface area (Å²) in [5.41, 5.74) is 0.864. The summed E-state index contributed by atoms with van der Waals surface area (Å²) in [6, 6.07) is 2.93. The first-order valence-corrected chi connectivity index (χ1v) is 4.51. The highest BCUT2D eigenvalue weighted by atomic mass is 32.2. The van der Waals surface area contributed by atoms with E-state index in [0.29, 0.717) is 0 Å². The molecule has 0 heterocycles. The second kappa shape index (κ2) is 4.14. The quantitative estimate of drug-likeness (QED) is 0.515. The van der Waals surface area contributed by atoms with Crippen LogP contribution in [0.4, 0.5) is 8.78 Å². The van der Waals surface area contributed by atoms with Crippen molar-refractivity contribution in [2.24, 2.45) is 0 Å². The summed E-state index contributed by atoms with van der Waals surface area (Å²) in [7, 11) is -0.120. The van der Waals surface area contributed by atoms with Gasteiger partial charge in [0.25, 0.3) is 0 Å². The molecule has 0 N–H and O–H groups in total. The van der Waals surface area contributed by atoms with Gasteiger partial charge in [-0.3, -0.25) is 0 Å². The normalized spacial score (nSPS) is 10.9. The number of rotatable bonds is 2. The molecule has 0 fully saturated rings. The molecule has 0 spiro atoms. The maximum Gasteiger partial charge on any atom is 0.136 e. The van der Waals surface area contributed by atoms with Crippen molar-refractivity contribution in [1.29, 1.82) is 0 Å². The number of thioether (sulfide) groups is 1. The highest BCUT2D eigenvalue weighted by molar-refractivity contribution is 7.99. The van der Waals surface area contributed by atoms with Gasteiger partial charge < -0.3 is 0 Å². The molecule has 1 aromatic carbocycles. The van der Waals surface area contributed by atoms with Gasteiger partial charge in [-0.2, -0.15) is 0 Å². The first-order valence-electron chi connectivity index (χ1n) is 3.63. The number of hydrogen-bond donors (Lipinski definition) is 0. The van der Waals surface area contributed by atoms with E-state index >= 15 is 0 Å². The molecule has 0 amide bonds. The molecule has 4 heteroatoms. The summed E-state index contributed by atoms with van der Waals surface area (Å²) < 4.78 is 26.5. The van der Waals surface area contributed by atoms with Crippen LogP contribution >= 0.6 is 11.8 Å². The van der Waals surface area contributed by atoms with Crippen LogP contribution in [0, 0.1) is 11.6 Å². The van der Waals surface area contributed by atoms with Crippen molar-refractivity contribution in [2.45, 2.75) is 24.0 Å². The molecule has 0 saturated carbocycles. The first kappa shape index (κ1) is 10.6. The lowest BCUT2D eigenvalue weighted by molar-refractivity contribution is 0.542. The lowest BCUT2D eigenvalue weighted by Crippen LogP contribution is -2.06. The van der Waals surface area contributed by atoms with E-state index in [2.05, 4.69) is 0 Å². The van der Waals surface area contributed by atoms with E-state index in [1.807, 2.05) is 13.8 Å². The molecule has 0 aliphatic carbocycles. The highest BCUT2D eigenvalue weighted by Crippen LogP contribution is 2.27. The standard InChI is InChI=1S/C9H12BF2S/c1-5(2)13-9-7(11)3-6(10)4-8(9)12/h3-5H,1-2,10H3/q-1. The molecule has 72 valence electrons. The second-order valence-electron chi connectivity index (χ2n) is 2.65. The average Bonchev–Trinajstić information content (AvgIpc) is 1.96. The Hall–Kier alpha value is -0.505. The first-order chi connectivity index (χ1) is 6.00. The fraction of sp³-hybridized carbons (Fsp3) is 0.333. The minimum Gasteiger partial charge on any atom is -0.215 e. The Bertz CT molecular complexity index is 289. The number of halogens is 2. The van der Waals surface area contributed by atoms with E-state index in [-0.39, 0.29) is 18.0 Å². The third-order valence-electron chi connectivity index (χ3n) is 1.21. The molecule has 1 rings (SSSR count). The van der Waals surface area contributed by atoms with Crippen molar-refractivity contribution in [1.82, 2.24) is 0 Å². The highest BCUT2D eigenvalue weighted by Gasteiger charge is 2.10. The predicted octanol–water partition coefficient (Wildman–Crippen LogP) is 1.46. The van der Waals surface area contributed by atoms with Crippen LogP contribution in [-0.4, -0.2) is 13.1 Å². The zero-order valence-electron chi connectivity index (χ0n) is 6.90. The van der Waals surface area contributed by atoms with Gasteiger partial charge in [-0.25, -0.2) is 14.2 Å². The van der Waals surface area contributed by atoms with Gasteiger partial charge in [0.2, 0.25) is 0 Å². The molecule has 0 radical (unpaired) electrons. The predicted molar refractivity (Wildman–Crippen MR) is 56.9 cm³/mol. The van der Waals surface area contributed by atoms with Crippen LogP contribution in [0.15, 0.2) is 17.0 Å². The summed E-state index contributed by atoms with van der Waals surface area (Å²) in [5, 5.41) is 0.207. The van der Waals surface area contributed by atoms with E-state index in [1.54, 1.807) is 0 Å². The van der Waals surface area contributed by atoms with Gasteiger partial charge in [0, 0.05) is 5.25 Å². The summed E-state index contributed by atoms with van der Waals surface area (Å²) in [5.74, 6) is -0.799. The van der Waals surface area contributed by atoms with Gasteiger partial charge in [-0.05, 0) is 7.85 Å². The van der Waals surface area contributed by atoms with Crippen molar-refractivity contribution in [3.63, 3.8) is 0 Å². The summed E-state index contributed by atoms with van der Waals surface area (Å²) in [6.07, 6.45) is 0. The molecule has 0 unspecified atom stereocenters. The van der Waals surface area contributed by atoms with Crippen LogP contribution in [0.2, 0.25) is 0 Å². The second-order valence-corrected chi connectivity index (χ2v) is 4.23. The third kappa shape index (κ3) is 2.73. The van der Waals surface area contributed by atoms with Gasteiger partial charge in [-0.1, -0.05) is 26.0 Å². The Balaban J connectivity index is 3.06. The van der Waals surface area contributed by atoms with E-state index in [4.69, 9.17) is 0 Å². The van der Waals surface area contributed by atoms with Crippen LogP contribution in [-0.2, 0) is 0 Å². The number of benzene rings is 1. The zero-order valence-corrected chi connectivity index (χ0v) is 7.71. The average molecular weight is 201 g/mol. The van der Waals surface area contributed by atoms with E-state index in [9.17, 15) is 8.78 Å². The van der Waals surface area contributed by atoms with Crippen LogP contribution in [0.25, 0.3) is 0 Å². The summed E-state index contributed by atoms with van der Waals surface area (Å²) in [6.45, 7) is 3.84. The largest absolute Gasteiger partial charge is 0.215 e. The Labute approximate surface area is 82.1 Å². The Morgan fingerprint density at radius 1 is 1.23 bits per heavy atom. The van der Waals surface area contributed by atoms with E-state index in [1.165, 1.54) is 23.9 Å². The molecule has 0 atom stereocenters. The van der Waals surface area contributed by atoms with E-state index in [0.717, 1.165) is 5.46 Å². The Morgan fingerprint density at radius 2 is 1.69 bits per heavy atom. The Kier molecular flexibility index (Phi) is 3.36. The number of hydrogen-bond acceptors (Lipinski definition) is 1. The summed E-state index contributed by atoms with van der Waals surface area (Å²) >= 11 is 1.24. The topological polar surface area (TPSA) is 0 Å². The van der Waals surface area contributed by atoms with Gasteiger partial charge in [0.05, 0.1) is 4.90 Å². The van der Waals surface area contributed by atoms with Gasteiger partial charge in [0.1, 0.15) is 11.6 Å². The fourth-order valence-corrected chi connectivity index (χ4v) is 1.60. The summed E-state index contributed by atoms with van der Waals surface area (Å²) in [4.78, 5) is 0.166. The van der Waals surface area contributed by atoms with Crippen molar-refractivity contribution < 1.29 is 8.78 Å². The van der Waals surface area contributed by atoms with Gasteiger partial charge >= 0.3 is 0 Å². The van der Waals surface area contributed by atoms with Crippen LogP contribution < -0.4 is 5.46 Å². The molecule has 0 nitrogen and oxygen atoms in total. The third-order valence-corrected chi connectivity index (χ3v) is 2.30. The molecular weight excluding hydrogens is 189 g/mol. The van der Waals surface area contributed by atoms with Crippen LogP contribution in [0.3, 0.4) is 0 Å². The zero-order chi connectivity index (χ0) is 10.0. The molecule has 0 bridgehead atoms. The Morgan fingerprint density at radius 3 is 2.08 bits per heavy atom. The monoisotopic (exact) mass is 201 g/mol. The maximum atomic E-state index is 13.3. The molecule has 0 saturated heterocycles. The van der Waals surface area contributed by atoms with Crippen LogP contribution in [0.5, 0.6) is 0 Å². The van der Waals surface area contributed by atoms with Crippen LogP contribution in [0.1, 0.15) is 13.8 Å². The maximum absolute atomic E-state index is 13.3. The fourth-order valence-electron chi connectivity index (χ4n) is 0.781. The SMILES string of the molecule is [BH3-]c1cc(F)c(SC(C)C)c(F)c1. The smallest absolute Gasteiger partial charge is 0.136 e. The minimum atomic E-state index is -0.399. The van der Waals surface area contributed by atoms with Gasteiger partial charge in [-0.15, -0.1) is 11.8 Å². The lowest BCUT2D eigenvalue weighted by Gasteiger charge is -2.09. The molecule has 1 aromatic rings. The minimum absolute atomic E-state index is 0.120. The van der Waals surface area contributed by atoms with Crippen molar-refractivity contribution in [3.05, 3.63) is 23.8 Å². The van der Waals surface area contributed by atoms with E-state index < -0.39 is 11.6 Å². The van der Waals surface area contributed by atoms with Crippen molar-refractivity contribution in [2.75, 3.05) is 0 Å². The lowest BCUT2D eigenvalue weighted by atomic mass is 9.96. The molecular formula is C9H12BF2S-. The van der Waals surface area contributed by atoms with Crippen molar-refractivity contribution in [3.8, 4) is 0 Å². The van der Waals surface area contributed by atoms with Gasteiger partial charge in [0.15, 0.2) is 0 Å². The van der Waals surface area contributed by atoms with Crippen molar-refractivity contribution >= 4 is 25.1 Å². The molecule has 0 aliphatic rings. The molecule has 0 aromatic heterocycles.